The predicted molar refractivity (Wildman–Crippen MR) is 49.9 cm³/mol. The second-order valence-corrected chi connectivity index (χ2v) is 3.54. The van der Waals surface area contributed by atoms with Crippen molar-refractivity contribution in [2.45, 2.75) is 38.3 Å². The van der Waals surface area contributed by atoms with Gasteiger partial charge in [0.05, 0.1) is 6.61 Å². The van der Waals surface area contributed by atoms with E-state index in [4.69, 9.17) is 16.2 Å². The predicted octanol–water partition coefficient (Wildman–Crippen LogP) is 0.00420. The molecule has 4 heteroatoms. The molecule has 0 aliphatic heterocycles. The molecular weight excluding hydrogens is 168 g/mol. The zero-order chi connectivity index (χ0) is 9.84. The van der Waals surface area contributed by atoms with Crippen molar-refractivity contribution < 1.29 is 9.53 Å². The third kappa shape index (κ3) is 2.42. The van der Waals surface area contributed by atoms with Crippen LogP contribution in [0.3, 0.4) is 0 Å². The molecular formula is C9H18N2O2. The SMILES string of the molecule is CCOC(=O)C(N)[C@H]1CCC[C@@H]1N. The van der Waals surface area contributed by atoms with E-state index < -0.39 is 6.04 Å². The number of hydrogen-bond donors (Lipinski definition) is 2. The van der Waals surface area contributed by atoms with Crippen LogP contribution in [-0.4, -0.2) is 24.7 Å². The van der Waals surface area contributed by atoms with E-state index in [2.05, 4.69) is 0 Å². The summed E-state index contributed by atoms with van der Waals surface area (Å²) in [5.74, 6) is -0.205. The molecule has 3 atom stereocenters. The van der Waals surface area contributed by atoms with Crippen molar-refractivity contribution >= 4 is 5.97 Å². The van der Waals surface area contributed by atoms with E-state index in [1.165, 1.54) is 0 Å². The number of ether oxygens (including phenoxy) is 1. The fourth-order valence-electron chi connectivity index (χ4n) is 1.88. The standard InChI is InChI=1S/C9H18N2O2/c1-2-13-9(12)8(11)6-4-3-5-7(6)10/h6-8H,2-5,10-11H2,1H3/t6-,7-,8?/m0/s1. The van der Waals surface area contributed by atoms with E-state index in [0.29, 0.717) is 6.61 Å². The van der Waals surface area contributed by atoms with E-state index in [9.17, 15) is 4.79 Å². The lowest BCUT2D eigenvalue weighted by molar-refractivity contribution is -0.146. The molecule has 0 aromatic carbocycles. The van der Waals surface area contributed by atoms with Gasteiger partial charge in [0.25, 0.3) is 0 Å². The van der Waals surface area contributed by atoms with Crippen LogP contribution in [0.1, 0.15) is 26.2 Å². The number of carbonyl (C=O) groups is 1. The van der Waals surface area contributed by atoms with Crippen LogP contribution in [0.4, 0.5) is 0 Å². The van der Waals surface area contributed by atoms with Crippen LogP contribution >= 0.6 is 0 Å². The molecule has 0 radical (unpaired) electrons. The maximum atomic E-state index is 11.3. The normalized spacial score (nSPS) is 30.1. The van der Waals surface area contributed by atoms with Gasteiger partial charge in [-0.05, 0) is 25.7 Å². The molecule has 1 fully saturated rings. The lowest BCUT2D eigenvalue weighted by Gasteiger charge is -2.21. The van der Waals surface area contributed by atoms with Crippen LogP contribution in [0.25, 0.3) is 0 Å². The third-order valence-electron chi connectivity index (χ3n) is 2.64. The van der Waals surface area contributed by atoms with Crippen molar-refractivity contribution in [2.24, 2.45) is 17.4 Å². The Morgan fingerprint density at radius 3 is 2.77 bits per heavy atom. The van der Waals surface area contributed by atoms with Gasteiger partial charge in [-0.1, -0.05) is 6.42 Å². The number of hydrogen-bond acceptors (Lipinski definition) is 4. The zero-order valence-electron chi connectivity index (χ0n) is 8.03. The average Bonchev–Trinajstić information content (AvgIpc) is 2.50. The zero-order valence-corrected chi connectivity index (χ0v) is 8.03. The van der Waals surface area contributed by atoms with Crippen LogP contribution in [0.15, 0.2) is 0 Å². The van der Waals surface area contributed by atoms with Gasteiger partial charge in [0, 0.05) is 6.04 Å². The second kappa shape index (κ2) is 4.58. The molecule has 0 saturated heterocycles. The van der Waals surface area contributed by atoms with Crippen LogP contribution in [-0.2, 0) is 9.53 Å². The fourth-order valence-corrected chi connectivity index (χ4v) is 1.88. The Balaban J connectivity index is 2.45. The maximum absolute atomic E-state index is 11.3. The average molecular weight is 186 g/mol. The summed E-state index contributed by atoms with van der Waals surface area (Å²) in [6.07, 6.45) is 2.98. The summed E-state index contributed by atoms with van der Waals surface area (Å²) in [7, 11) is 0. The van der Waals surface area contributed by atoms with E-state index >= 15 is 0 Å². The second-order valence-electron chi connectivity index (χ2n) is 3.54. The van der Waals surface area contributed by atoms with Gasteiger partial charge in [-0.2, -0.15) is 0 Å². The molecule has 0 heterocycles. The Hall–Kier alpha value is -0.610. The maximum Gasteiger partial charge on any atom is 0.323 e. The molecule has 0 amide bonds. The highest BCUT2D eigenvalue weighted by atomic mass is 16.5. The highest BCUT2D eigenvalue weighted by Gasteiger charge is 2.33. The summed E-state index contributed by atoms with van der Waals surface area (Å²) in [6.45, 7) is 2.16. The molecule has 0 aromatic rings. The molecule has 1 rings (SSSR count). The quantitative estimate of drug-likeness (QED) is 0.608. The first-order valence-electron chi connectivity index (χ1n) is 4.84. The Kier molecular flexibility index (Phi) is 3.69. The molecule has 4 N–H and O–H groups in total. The van der Waals surface area contributed by atoms with Gasteiger partial charge in [-0.25, -0.2) is 0 Å². The summed E-state index contributed by atoms with van der Waals surface area (Å²) in [5.41, 5.74) is 11.6. The molecule has 1 saturated carbocycles. The first kappa shape index (κ1) is 10.5. The summed E-state index contributed by atoms with van der Waals surface area (Å²) in [6, 6.07) is -0.461. The molecule has 1 aliphatic rings. The Bertz CT molecular complexity index is 184. The van der Waals surface area contributed by atoms with Gasteiger partial charge in [-0.3, -0.25) is 4.79 Å². The fraction of sp³-hybridized carbons (Fsp3) is 0.889. The summed E-state index contributed by atoms with van der Waals surface area (Å²) in [4.78, 5) is 11.3. The van der Waals surface area contributed by atoms with Gasteiger partial charge in [0.1, 0.15) is 6.04 Å². The van der Waals surface area contributed by atoms with Crippen LogP contribution in [0.5, 0.6) is 0 Å². The van der Waals surface area contributed by atoms with Crippen molar-refractivity contribution in [3.05, 3.63) is 0 Å². The van der Waals surface area contributed by atoms with Crippen molar-refractivity contribution in [1.82, 2.24) is 0 Å². The van der Waals surface area contributed by atoms with Crippen LogP contribution < -0.4 is 11.5 Å². The molecule has 76 valence electrons. The monoisotopic (exact) mass is 186 g/mol. The molecule has 1 unspecified atom stereocenters. The summed E-state index contributed by atoms with van der Waals surface area (Å²) in [5, 5.41) is 0. The van der Waals surface area contributed by atoms with Gasteiger partial charge in [0.2, 0.25) is 0 Å². The largest absolute Gasteiger partial charge is 0.465 e. The van der Waals surface area contributed by atoms with E-state index in [-0.39, 0.29) is 17.9 Å². The molecule has 0 aromatic heterocycles. The van der Waals surface area contributed by atoms with Gasteiger partial charge < -0.3 is 16.2 Å². The van der Waals surface area contributed by atoms with Crippen molar-refractivity contribution in [2.75, 3.05) is 6.61 Å². The smallest absolute Gasteiger partial charge is 0.323 e. The number of nitrogens with two attached hydrogens (primary N) is 2. The first-order chi connectivity index (χ1) is 6.16. The Morgan fingerprint density at radius 1 is 1.62 bits per heavy atom. The van der Waals surface area contributed by atoms with Crippen LogP contribution in [0.2, 0.25) is 0 Å². The van der Waals surface area contributed by atoms with Crippen molar-refractivity contribution in [3.8, 4) is 0 Å². The van der Waals surface area contributed by atoms with E-state index in [1.54, 1.807) is 6.92 Å². The molecule has 1 aliphatic carbocycles. The Morgan fingerprint density at radius 2 is 2.31 bits per heavy atom. The van der Waals surface area contributed by atoms with Gasteiger partial charge >= 0.3 is 5.97 Å². The summed E-state index contributed by atoms with van der Waals surface area (Å²) < 4.78 is 4.84. The van der Waals surface area contributed by atoms with Crippen LogP contribution in [0, 0.1) is 5.92 Å². The van der Waals surface area contributed by atoms with E-state index in [0.717, 1.165) is 19.3 Å². The minimum Gasteiger partial charge on any atom is -0.465 e. The third-order valence-corrected chi connectivity index (χ3v) is 2.64. The Labute approximate surface area is 78.6 Å². The first-order valence-corrected chi connectivity index (χ1v) is 4.84. The van der Waals surface area contributed by atoms with Crippen molar-refractivity contribution in [1.29, 1.82) is 0 Å². The number of esters is 1. The van der Waals surface area contributed by atoms with Crippen molar-refractivity contribution in [3.63, 3.8) is 0 Å². The molecule has 13 heavy (non-hydrogen) atoms. The topological polar surface area (TPSA) is 78.3 Å². The minimum atomic E-state index is -0.530. The van der Waals surface area contributed by atoms with Gasteiger partial charge in [-0.15, -0.1) is 0 Å². The molecule has 4 nitrogen and oxygen atoms in total. The van der Waals surface area contributed by atoms with Gasteiger partial charge in [0.15, 0.2) is 0 Å². The molecule has 0 bridgehead atoms. The number of carbonyl (C=O) groups excluding carboxylic acids is 1. The number of rotatable bonds is 3. The highest BCUT2D eigenvalue weighted by Crippen LogP contribution is 2.26. The summed E-state index contributed by atoms with van der Waals surface area (Å²) >= 11 is 0. The lowest BCUT2D eigenvalue weighted by Crippen LogP contribution is -2.45. The lowest BCUT2D eigenvalue weighted by atomic mass is 9.96. The minimum absolute atomic E-state index is 0.0689. The molecule has 0 spiro atoms. The van der Waals surface area contributed by atoms with E-state index in [1.807, 2.05) is 0 Å². The highest BCUT2D eigenvalue weighted by molar-refractivity contribution is 5.76.